The standard InChI is InChI=1S/C11H17ClN4OS/c12-8-4-1-2-5-9(8)16-10(13-14-15-16)6-3-7-11(17)18/h8-9H,1-7H2,(H,17,18). The van der Waals surface area contributed by atoms with Gasteiger partial charge in [0, 0.05) is 12.8 Å². The van der Waals surface area contributed by atoms with Crippen LogP contribution in [0.25, 0.3) is 0 Å². The van der Waals surface area contributed by atoms with Crippen molar-refractivity contribution in [1.29, 1.82) is 0 Å². The Kier molecular flexibility index (Phi) is 4.88. The van der Waals surface area contributed by atoms with E-state index in [9.17, 15) is 0 Å². The van der Waals surface area contributed by atoms with Crippen molar-refractivity contribution in [3.63, 3.8) is 0 Å². The summed E-state index contributed by atoms with van der Waals surface area (Å²) in [6.07, 6.45) is 6.39. The summed E-state index contributed by atoms with van der Waals surface area (Å²) >= 11 is 11.0. The number of aliphatic hydroxyl groups is 1. The molecule has 0 amide bonds. The minimum absolute atomic E-state index is 0.0434. The van der Waals surface area contributed by atoms with E-state index >= 15 is 0 Å². The molecule has 0 saturated heterocycles. The molecule has 2 rings (SSSR count). The highest BCUT2D eigenvalue weighted by molar-refractivity contribution is 7.80. The van der Waals surface area contributed by atoms with Crippen molar-refractivity contribution in [2.24, 2.45) is 0 Å². The summed E-state index contributed by atoms with van der Waals surface area (Å²) in [5.74, 6) is 0.837. The van der Waals surface area contributed by atoms with Crippen molar-refractivity contribution in [3.8, 4) is 0 Å². The molecule has 5 nitrogen and oxygen atoms in total. The second-order valence-electron chi connectivity index (χ2n) is 4.65. The third kappa shape index (κ3) is 3.38. The average molecular weight is 289 g/mol. The van der Waals surface area contributed by atoms with Gasteiger partial charge in [-0.1, -0.05) is 12.8 Å². The number of hydrogen-bond donors (Lipinski definition) is 1. The third-order valence-electron chi connectivity index (χ3n) is 3.31. The molecule has 1 aliphatic rings. The Hall–Kier alpha value is -0.750. The second kappa shape index (κ2) is 6.43. The van der Waals surface area contributed by atoms with Crippen molar-refractivity contribution in [3.05, 3.63) is 5.82 Å². The van der Waals surface area contributed by atoms with Crippen LogP contribution in [-0.2, 0) is 6.42 Å². The molecule has 1 fully saturated rings. The van der Waals surface area contributed by atoms with Gasteiger partial charge in [0.1, 0.15) is 0 Å². The summed E-state index contributed by atoms with van der Waals surface area (Å²) < 4.78 is 1.86. The van der Waals surface area contributed by atoms with Crippen molar-refractivity contribution in [2.45, 2.75) is 56.4 Å². The molecule has 1 saturated carbocycles. The molecule has 0 radical (unpaired) electrons. The van der Waals surface area contributed by atoms with Crippen LogP contribution in [0.4, 0.5) is 0 Å². The first-order valence-corrected chi connectivity index (χ1v) is 7.15. The molecule has 2 unspecified atom stereocenters. The molecule has 0 spiro atoms. The number of aliphatic hydroxyl groups excluding tert-OH is 1. The van der Waals surface area contributed by atoms with Crippen LogP contribution in [-0.4, -0.2) is 35.7 Å². The zero-order chi connectivity index (χ0) is 13.0. The minimum atomic E-state index is 0.0434. The predicted octanol–water partition coefficient (Wildman–Crippen LogP) is 2.60. The molecular formula is C11H17ClN4OS. The topological polar surface area (TPSA) is 63.8 Å². The number of alkyl halides is 1. The third-order valence-corrected chi connectivity index (χ3v) is 4.03. The van der Waals surface area contributed by atoms with E-state index in [1.54, 1.807) is 0 Å². The first-order chi connectivity index (χ1) is 8.68. The Morgan fingerprint density at radius 3 is 2.94 bits per heavy atom. The summed E-state index contributed by atoms with van der Waals surface area (Å²) in [6, 6.07) is 0.200. The van der Waals surface area contributed by atoms with Crippen LogP contribution in [0, 0.1) is 0 Å². The van der Waals surface area contributed by atoms with E-state index in [0.29, 0.717) is 12.8 Å². The second-order valence-corrected chi connectivity index (χ2v) is 5.69. The summed E-state index contributed by atoms with van der Waals surface area (Å²) in [5, 5.41) is 21.0. The first kappa shape index (κ1) is 13.7. The molecule has 18 heavy (non-hydrogen) atoms. The minimum Gasteiger partial charge on any atom is -0.502 e. The van der Waals surface area contributed by atoms with Gasteiger partial charge < -0.3 is 5.11 Å². The lowest BCUT2D eigenvalue weighted by Crippen LogP contribution is -2.26. The Morgan fingerprint density at radius 2 is 2.22 bits per heavy atom. The predicted molar refractivity (Wildman–Crippen MR) is 73.1 cm³/mol. The Balaban J connectivity index is 2.00. The van der Waals surface area contributed by atoms with Crippen LogP contribution in [0.3, 0.4) is 0 Å². The number of halogens is 1. The van der Waals surface area contributed by atoms with E-state index in [4.69, 9.17) is 16.7 Å². The van der Waals surface area contributed by atoms with Gasteiger partial charge >= 0.3 is 0 Å². The Bertz CT molecular complexity index is 412. The van der Waals surface area contributed by atoms with Gasteiger partial charge in [-0.2, -0.15) is 0 Å². The fraction of sp³-hybridized carbons (Fsp3) is 0.818. The zero-order valence-corrected chi connectivity index (χ0v) is 11.7. The Morgan fingerprint density at radius 1 is 1.44 bits per heavy atom. The van der Waals surface area contributed by atoms with Crippen LogP contribution in [0.1, 0.15) is 50.4 Å². The van der Waals surface area contributed by atoms with E-state index in [1.807, 2.05) is 4.68 Å². The number of aromatic nitrogens is 4. The molecule has 0 aromatic carbocycles. The van der Waals surface area contributed by atoms with Crippen molar-refractivity contribution in [2.75, 3.05) is 0 Å². The quantitative estimate of drug-likeness (QED) is 0.666. The normalized spacial score (nSPS) is 24.1. The van der Waals surface area contributed by atoms with Crippen molar-refractivity contribution in [1.82, 2.24) is 20.2 Å². The fourth-order valence-corrected chi connectivity index (χ4v) is 2.91. The summed E-state index contributed by atoms with van der Waals surface area (Å²) in [4.78, 5) is 0. The molecule has 100 valence electrons. The average Bonchev–Trinajstić information content (AvgIpc) is 2.77. The number of hydrogen-bond acceptors (Lipinski definition) is 4. The molecule has 0 bridgehead atoms. The molecule has 1 aliphatic carbocycles. The van der Waals surface area contributed by atoms with Crippen LogP contribution < -0.4 is 0 Å². The lowest BCUT2D eigenvalue weighted by Gasteiger charge is -2.27. The van der Waals surface area contributed by atoms with E-state index in [0.717, 1.165) is 25.1 Å². The highest BCUT2D eigenvalue weighted by Gasteiger charge is 2.27. The van der Waals surface area contributed by atoms with Gasteiger partial charge in [0.15, 0.2) is 10.9 Å². The van der Waals surface area contributed by atoms with Gasteiger partial charge in [-0.15, -0.1) is 16.7 Å². The number of tetrazole rings is 1. The van der Waals surface area contributed by atoms with E-state index in [-0.39, 0.29) is 16.5 Å². The highest BCUT2D eigenvalue weighted by Crippen LogP contribution is 2.32. The van der Waals surface area contributed by atoms with Gasteiger partial charge in [0.25, 0.3) is 0 Å². The molecule has 1 heterocycles. The summed E-state index contributed by atoms with van der Waals surface area (Å²) in [5.41, 5.74) is 0. The molecular weight excluding hydrogens is 272 g/mol. The highest BCUT2D eigenvalue weighted by atomic mass is 35.5. The SMILES string of the molecule is OC(=S)CCCc1nnnn1C1CCCCC1Cl. The zero-order valence-electron chi connectivity index (χ0n) is 10.1. The van der Waals surface area contributed by atoms with Gasteiger partial charge in [-0.25, -0.2) is 4.68 Å². The molecule has 2 atom stereocenters. The smallest absolute Gasteiger partial charge is 0.156 e. The van der Waals surface area contributed by atoms with E-state index < -0.39 is 0 Å². The molecule has 0 aliphatic heterocycles. The van der Waals surface area contributed by atoms with Gasteiger partial charge in [-0.05, 0) is 41.9 Å². The number of rotatable bonds is 5. The molecule has 1 aromatic rings. The largest absolute Gasteiger partial charge is 0.502 e. The maximum Gasteiger partial charge on any atom is 0.156 e. The lowest BCUT2D eigenvalue weighted by molar-refractivity contribution is 0.322. The van der Waals surface area contributed by atoms with Crippen molar-refractivity contribution < 1.29 is 5.11 Å². The van der Waals surface area contributed by atoms with Crippen LogP contribution in [0.5, 0.6) is 0 Å². The summed E-state index contributed by atoms with van der Waals surface area (Å²) in [7, 11) is 0. The molecule has 1 aromatic heterocycles. The Labute approximate surface area is 117 Å². The number of aryl methyl sites for hydroxylation is 1. The molecule has 7 heteroatoms. The fourth-order valence-electron chi connectivity index (χ4n) is 2.37. The molecule has 1 N–H and O–H groups in total. The lowest BCUT2D eigenvalue weighted by atomic mass is 9.95. The maximum atomic E-state index is 8.99. The van der Waals surface area contributed by atoms with Gasteiger partial charge in [-0.3, -0.25) is 0 Å². The number of nitrogens with zero attached hydrogens (tertiary/aromatic N) is 4. The van der Waals surface area contributed by atoms with Crippen LogP contribution in [0.15, 0.2) is 0 Å². The van der Waals surface area contributed by atoms with E-state index in [1.165, 1.54) is 12.8 Å². The monoisotopic (exact) mass is 288 g/mol. The maximum absolute atomic E-state index is 8.99. The van der Waals surface area contributed by atoms with Gasteiger partial charge in [0.05, 0.1) is 11.4 Å². The van der Waals surface area contributed by atoms with Crippen LogP contribution in [0.2, 0.25) is 0 Å². The van der Waals surface area contributed by atoms with Crippen molar-refractivity contribution >= 4 is 28.9 Å². The van der Waals surface area contributed by atoms with Gasteiger partial charge in [0.2, 0.25) is 0 Å². The first-order valence-electron chi connectivity index (χ1n) is 6.31. The van der Waals surface area contributed by atoms with Crippen LogP contribution >= 0.6 is 23.8 Å². The summed E-state index contributed by atoms with van der Waals surface area (Å²) in [6.45, 7) is 0. The number of thiocarbonyl (C=S) groups is 1. The van der Waals surface area contributed by atoms with E-state index in [2.05, 4.69) is 27.7 Å².